The summed E-state index contributed by atoms with van der Waals surface area (Å²) in [6.45, 7) is 9.19. The van der Waals surface area contributed by atoms with Crippen LogP contribution in [0.3, 0.4) is 0 Å². The number of aryl methyl sites for hydroxylation is 1. The van der Waals surface area contributed by atoms with E-state index in [9.17, 15) is 0 Å². The summed E-state index contributed by atoms with van der Waals surface area (Å²) in [6.07, 6.45) is 1.11. The predicted molar refractivity (Wildman–Crippen MR) is 63.3 cm³/mol. The molecule has 1 heteroatoms. The van der Waals surface area contributed by atoms with Crippen molar-refractivity contribution in [2.75, 3.05) is 6.54 Å². The van der Waals surface area contributed by atoms with E-state index < -0.39 is 0 Å². The number of aliphatic imine (C=N–C) groups is 1. The number of hydrogen-bond donors (Lipinski definition) is 0. The Balaban J connectivity index is 0.000000461. The van der Waals surface area contributed by atoms with Crippen molar-refractivity contribution in [3.8, 4) is 0 Å². The monoisotopic (exact) mass is 189 g/mol. The van der Waals surface area contributed by atoms with Gasteiger partial charge in [0.25, 0.3) is 0 Å². The maximum Gasteiger partial charge on any atom is 0.0433 e. The summed E-state index contributed by atoms with van der Waals surface area (Å²) in [5, 5.41) is 0. The van der Waals surface area contributed by atoms with Gasteiger partial charge in [-0.3, -0.25) is 4.99 Å². The van der Waals surface area contributed by atoms with Gasteiger partial charge in [0, 0.05) is 12.3 Å². The third kappa shape index (κ3) is 2.22. The molecule has 0 radical (unpaired) electrons. The fourth-order valence-corrected chi connectivity index (χ4v) is 1.71. The highest BCUT2D eigenvalue weighted by atomic mass is 14.7. The Morgan fingerprint density at radius 3 is 2.57 bits per heavy atom. The molecule has 2 rings (SSSR count). The predicted octanol–water partition coefficient (Wildman–Crippen LogP) is 3.39. The van der Waals surface area contributed by atoms with Crippen LogP contribution in [0.25, 0.3) is 0 Å². The molecule has 14 heavy (non-hydrogen) atoms. The zero-order valence-electron chi connectivity index (χ0n) is 9.59. The molecule has 1 nitrogen and oxygen atoms in total. The van der Waals surface area contributed by atoms with Crippen LogP contribution >= 0.6 is 0 Å². The lowest BCUT2D eigenvalue weighted by molar-refractivity contribution is 0.939. The minimum absolute atomic E-state index is 0.961. The van der Waals surface area contributed by atoms with Gasteiger partial charge in [-0.2, -0.15) is 0 Å². The molecule has 0 spiro atoms. The van der Waals surface area contributed by atoms with Crippen LogP contribution in [-0.4, -0.2) is 12.3 Å². The topological polar surface area (TPSA) is 12.4 Å². The summed E-state index contributed by atoms with van der Waals surface area (Å²) in [5.74, 6) is 0. The second-order valence-corrected chi connectivity index (χ2v) is 3.38. The molecule has 0 unspecified atom stereocenters. The molecule has 0 saturated carbocycles. The molecule has 0 amide bonds. The van der Waals surface area contributed by atoms with Gasteiger partial charge in [-0.15, -0.1) is 0 Å². The molecule has 1 heterocycles. The smallest absolute Gasteiger partial charge is 0.0433 e. The van der Waals surface area contributed by atoms with Crippen LogP contribution in [0.5, 0.6) is 0 Å². The molecule has 0 aromatic heterocycles. The average molecular weight is 189 g/mol. The Kier molecular flexibility index (Phi) is 3.87. The molecule has 1 aromatic carbocycles. The van der Waals surface area contributed by atoms with E-state index in [4.69, 9.17) is 0 Å². The Hall–Kier alpha value is -1.11. The minimum atomic E-state index is 0.961. The van der Waals surface area contributed by atoms with Crippen molar-refractivity contribution in [3.63, 3.8) is 0 Å². The summed E-state index contributed by atoms with van der Waals surface area (Å²) < 4.78 is 0. The molecule has 76 valence electrons. The second-order valence-electron chi connectivity index (χ2n) is 3.38. The molecule has 0 atom stereocenters. The zero-order chi connectivity index (χ0) is 10.6. The third-order valence-electron chi connectivity index (χ3n) is 2.38. The molecular formula is C13H19N. The van der Waals surface area contributed by atoms with E-state index in [1.54, 1.807) is 0 Å². The normalized spacial score (nSPS) is 13.6. The lowest BCUT2D eigenvalue weighted by Gasteiger charge is -2.14. The largest absolute Gasteiger partial charge is 0.289 e. The molecule has 1 aliphatic heterocycles. The Labute approximate surface area is 86.9 Å². The summed E-state index contributed by atoms with van der Waals surface area (Å²) in [7, 11) is 0. The van der Waals surface area contributed by atoms with Crippen LogP contribution in [0, 0.1) is 6.92 Å². The van der Waals surface area contributed by atoms with Crippen molar-refractivity contribution in [2.45, 2.75) is 34.1 Å². The van der Waals surface area contributed by atoms with Crippen LogP contribution in [0.15, 0.2) is 23.2 Å². The molecule has 0 saturated heterocycles. The molecular weight excluding hydrogens is 170 g/mol. The van der Waals surface area contributed by atoms with Gasteiger partial charge in [0.1, 0.15) is 0 Å². The molecule has 0 fully saturated rings. The first-order chi connectivity index (χ1) is 6.77. The van der Waals surface area contributed by atoms with E-state index in [2.05, 4.69) is 37.0 Å². The van der Waals surface area contributed by atoms with Gasteiger partial charge in [-0.05, 0) is 31.4 Å². The van der Waals surface area contributed by atoms with Crippen molar-refractivity contribution in [1.29, 1.82) is 0 Å². The summed E-state index contributed by atoms with van der Waals surface area (Å²) in [4.78, 5) is 4.42. The molecule has 1 aliphatic rings. The van der Waals surface area contributed by atoms with Crippen LogP contribution in [0.4, 0.5) is 0 Å². The SMILES string of the molecule is CC.CC1=NCCc2cc(C)ccc21. The van der Waals surface area contributed by atoms with Crippen LogP contribution in [0.1, 0.15) is 37.5 Å². The number of nitrogens with zero attached hydrogens (tertiary/aromatic N) is 1. The van der Waals surface area contributed by atoms with Gasteiger partial charge < -0.3 is 0 Å². The second kappa shape index (κ2) is 4.94. The lowest BCUT2D eigenvalue weighted by Crippen LogP contribution is -2.09. The van der Waals surface area contributed by atoms with Crippen molar-refractivity contribution < 1.29 is 0 Å². The van der Waals surface area contributed by atoms with Crippen molar-refractivity contribution >= 4 is 5.71 Å². The van der Waals surface area contributed by atoms with Crippen molar-refractivity contribution in [2.24, 2.45) is 4.99 Å². The third-order valence-corrected chi connectivity index (χ3v) is 2.38. The number of rotatable bonds is 0. The summed E-state index contributed by atoms with van der Waals surface area (Å²) >= 11 is 0. The highest BCUT2D eigenvalue weighted by Crippen LogP contribution is 2.17. The Morgan fingerprint density at radius 2 is 1.86 bits per heavy atom. The van der Waals surface area contributed by atoms with Crippen LogP contribution < -0.4 is 0 Å². The zero-order valence-corrected chi connectivity index (χ0v) is 9.59. The fraction of sp³-hybridized carbons (Fsp3) is 0.462. The van der Waals surface area contributed by atoms with Crippen molar-refractivity contribution in [3.05, 3.63) is 34.9 Å². The molecule has 0 aliphatic carbocycles. The van der Waals surface area contributed by atoms with Gasteiger partial charge in [0.05, 0.1) is 0 Å². The number of hydrogen-bond acceptors (Lipinski definition) is 1. The van der Waals surface area contributed by atoms with E-state index in [1.165, 1.54) is 22.4 Å². The quantitative estimate of drug-likeness (QED) is 0.593. The average Bonchev–Trinajstić information content (AvgIpc) is 2.21. The maximum atomic E-state index is 4.42. The van der Waals surface area contributed by atoms with Crippen molar-refractivity contribution in [1.82, 2.24) is 0 Å². The van der Waals surface area contributed by atoms with E-state index >= 15 is 0 Å². The van der Waals surface area contributed by atoms with Gasteiger partial charge in [0.15, 0.2) is 0 Å². The van der Waals surface area contributed by atoms with E-state index in [-0.39, 0.29) is 0 Å². The van der Waals surface area contributed by atoms with E-state index in [1.807, 2.05) is 13.8 Å². The maximum absolute atomic E-state index is 4.42. The first-order valence-corrected chi connectivity index (χ1v) is 5.38. The first kappa shape index (κ1) is 11.0. The molecule has 0 N–H and O–H groups in total. The first-order valence-electron chi connectivity index (χ1n) is 5.38. The molecule has 1 aromatic rings. The van der Waals surface area contributed by atoms with Crippen LogP contribution in [-0.2, 0) is 6.42 Å². The standard InChI is InChI=1S/C11H13N.C2H6/c1-8-3-4-11-9(2)12-6-5-10(11)7-8;1-2/h3-4,7H,5-6H2,1-2H3;1-2H3. The number of fused-ring (bicyclic) bond motifs is 1. The van der Waals surface area contributed by atoms with E-state index in [0.29, 0.717) is 0 Å². The van der Waals surface area contributed by atoms with Gasteiger partial charge in [-0.25, -0.2) is 0 Å². The Bertz CT molecular complexity index is 337. The van der Waals surface area contributed by atoms with Gasteiger partial charge >= 0.3 is 0 Å². The fourth-order valence-electron chi connectivity index (χ4n) is 1.71. The van der Waals surface area contributed by atoms with Crippen LogP contribution in [0.2, 0.25) is 0 Å². The number of benzene rings is 1. The summed E-state index contributed by atoms with van der Waals surface area (Å²) in [5.41, 5.74) is 5.34. The summed E-state index contributed by atoms with van der Waals surface area (Å²) in [6, 6.07) is 6.61. The van der Waals surface area contributed by atoms with E-state index in [0.717, 1.165) is 13.0 Å². The highest BCUT2D eigenvalue weighted by molar-refractivity contribution is 6.00. The lowest BCUT2D eigenvalue weighted by atomic mass is 9.97. The Morgan fingerprint density at radius 1 is 1.14 bits per heavy atom. The van der Waals surface area contributed by atoms with Gasteiger partial charge in [-0.1, -0.05) is 37.6 Å². The minimum Gasteiger partial charge on any atom is -0.289 e. The molecule has 0 bridgehead atoms. The van der Waals surface area contributed by atoms with Gasteiger partial charge in [0.2, 0.25) is 0 Å². The highest BCUT2D eigenvalue weighted by Gasteiger charge is 2.09.